The zero-order valence-electron chi connectivity index (χ0n) is 16.6. The highest BCUT2D eigenvalue weighted by atomic mass is 79.9. The molecule has 5 nitrogen and oxygen atoms in total. The molecule has 34 heavy (non-hydrogen) atoms. The van der Waals surface area contributed by atoms with E-state index in [1.165, 1.54) is 18.2 Å². The minimum atomic E-state index is -5.09. The molecule has 3 aromatic carbocycles. The molecule has 3 aromatic rings. The van der Waals surface area contributed by atoms with Crippen molar-refractivity contribution in [3.8, 4) is 5.75 Å². The summed E-state index contributed by atoms with van der Waals surface area (Å²) in [7, 11) is 0. The van der Waals surface area contributed by atoms with Crippen molar-refractivity contribution in [3.63, 3.8) is 0 Å². The molecule has 1 aliphatic rings. The first kappa shape index (κ1) is 24.0. The predicted molar refractivity (Wildman–Crippen MR) is 116 cm³/mol. The first-order valence-electron chi connectivity index (χ1n) is 9.38. The highest BCUT2D eigenvalue weighted by molar-refractivity contribution is 9.10. The third kappa shape index (κ3) is 5.00. The van der Waals surface area contributed by atoms with Crippen LogP contribution in [0.4, 0.5) is 27.6 Å². The maximum absolute atomic E-state index is 13.9. The minimum absolute atomic E-state index is 0.0700. The molecule has 0 saturated carbocycles. The fourth-order valence-corrected chi connectivity index (χ4v) is 4.24. The second kappa shape index (κ2) is 8.88. The van der Waals surface area contributed by atoms with E-state index in [2.05, 4.69) is 31.3 Å². The molecule has 1 heterocycles. The summed E-state index contributed by atoms with van der Waals surface area (Å²) < 4.78 is 69.4. The normalized spacial score (nSPS) is 15.0. The Morgan fingerprint density at radius 3 is 2.50 bits per heavy atom. The van der Waals surface area contributed by atoms with Gasteiger partial charge in [-0.25, -0.2) is 8.78 Å². The molecular weight excluding hydrogens is 551 g/mol. The molecule has 0 bridgehead atoms. The topological polar surface area (TPSA) is 67.4 Å². The number of hydrogen-bond acceptors (Lipinski definition) is 3. The van der Waals surface area contributed by atoms with Crippen LogP contribution in [0.2, 0.25) is 5.02 Å². The average Bonchev–Trinajstić information content (AvgIpc) is 3.04. The smallest absolute Gasteiger partial charge is 0.406 e. The van der Waals surface area contributed by atoms with Gasteiger partial charge in [-0.15, -0.1) is 13.2 Å². The number of benzene rings is 3. The minimum Gasteiger partial charge on any atom is -0.406 e. The molecule has 0 saturated heterocycles. The van der Waals surface area contributed by atoms with E-state index in [9.17, 15) is 31.5 Å². The Labute approximate surface area is 202 Å². The third-order valence-electron chi connectivity index (χ3n) is 4.84. The van der Waals surface area contributed by atoms with Gasteiger partial charge in [0.1, 0.15) is 17.4 Å². The Morgan fingerprint density at radius 2 is 1.79 bits per heavy atom. The fourth-order valence-electron chi connectivity index (χ4n) is 3.55. The molecule has 0 aliphatic carbocycles. The number of hydrogen-bond donors (Lipinski definition) is 2. The number of halogens is 7. The second-order valence-electron chi connectivity index (χ2n) is 7.16. The van der Waals surface area contributed by atoms with Crippen molar-refractivity contribution in [3.05, 3.63) is 91.9 Å². The lowest BCUT2D eigenvalue weighted by Crippen LogP contribution is -2.21. The van der Waals surface area contributed by atoms with E-state index in [0.717, 1.165) is 18.2 Å². The summed E-state index contributed by atoms with van der Waals surface area (Å²) in [5.74, 6) is -4.16. The van der Waals surface area contributed by atoms with E-state index in [4.69, 9.17) is 11.6 Å². The summed E-state index contributed by atoms with van der Waals surface area (Å²) in [6.45, 7) is 0. The van der Waals surface area contributed by atoms with E-state index in [0.29, 0.717) is 16.6 Å². The largest absolute Gasteiger partial charge is 0.573 e. The Balaban J connectivity index is 1.75. The number of fused-ring (bicyclic) bond motifs is 1. The van der Waals surface area contributed by atoms with Gasteiger partial charge in [0.2, 0.25) is 0 Å². The van der Waals surface area contributed by atoms with Crippen LogP contribution < -0.4 is 15.4 Å². The van der Waals surface area contributed by atoms with Gasteiger partial charge in [0, 0.05) is 43.5 Å². The van der Waals surface area contributed by atoms with Crippen molar-refractivity contribution in [2.24, 2.45) is 0 Å². The van der Waals surface area contributed by atoms with E-state index in [1.807, 2.05) is 0 Å². The molecule has 0 aromatic heterocycles. The van der Waals surface area contributed by atoms with Crippen molar-refractivity contribution in [1.29, 1.82) is 0 Å². The van der Waals surface area contributed by atoms with Crippen LogP contribution in [0, 0.1) is 11.6 Å². The quantitative estimate of drug-likeness (QED) is 0.364. The lowest BCUT2D eigenvalue weighted by atomic mass is 9.96. The highest BCUT2D eigenvalue weighted by Crippen LogP contribution is 2.41. The summed E-state index contributed by atoms with van der Waals surface area (Å²) in [5, 5.41) is 5.28. The monoisotopic (exact) mass is 560 g/mol. The van der Waals surface area contributed by atoms with Crippen molar-refractivity contribution in [2.45, 2.75) is 12.4 Å². The zero-order chi connectivity index (χ0) is 24.8. The van der Waals surface area contributed by atoms with Gasteiger partial charge >= 0.3 is 6.36 Å². The first-order chi connectivity index (χ1) is 15.9. The van der Waals surface area contributed by atoms with Gasteiger partial charge in [-0.2, -0.15) is 0 Å². The van der Waals surface area contributed by atoms with Gasteiger partial charge < -0.3 is 15.4 Å². The van der Waals surface area contributed by atoms with Crippen LogP contribution >= 0.6 is 27.5 Å². The Morgan fingerprint density at radius 1 is 1.06 bits per heavy atom. The van der Waals surface area contributed by atoms with Crippen LogP contribution in [0.15, 0.2) is 53.0 Å². The van der Waals surface area contributed by atoms with Crippen molar-refractivity contribution < 1.29 is 36.3 Å². The van der Waals surface area contributed by atoms with Gasteiger partial charge in [-0.1, -0.05) is 27.5 Å². The second-order valence-corrected chi connectivity index (χ2v) is 8.49. The maximum atomic E-state index is 13.9. The molecule has 1 unspecified atom stereocenters. The molecule has 4 rings (SSSR count). The number of amides is 2. The summed E-state index contributed by atoms with van der Waals surface area (Å²) in [6.07, 6.45) is -5.09. The third-order valence-corrected chi connectivity index (χ3v) is 5.64. The van der Waals surface area contributed by atoms with E-state index in [1.54, 1.807) is 0 Å². The van der Waals surface area contributed by atoms with E-state index >= 15 is 0 Å². The summed E-state index contributed by atoms with van der Waals surface area (Å²) >= 11 is 9.43. The maximum Gasteiger partial charge on any atom is 0.573 e. The molecule has 2 amide bonds. The molecule has 0 radical (unpaired) electrons. The average molecular weight is 562 g/mol. The van der Waals surface area contributed by atoms with Crippen LogP contribution in [-0.4, -0.2) is 18.2 Å². The molecular formula is C22H11BrClF5N2O3. The molecule has 0 fully saturated rings. The number of rotatable bonds is 4. The number of ether oxygens (including phenoxy) is 1. The molecule has 12 heteroatoms. The van der Waals surface area contributed by atoms with Crippen molar-refractivity contribution in [1.82, 2.24) is 5.32 Å². The molecule has 1 aliphatic heterocycles. The van der Waals surface area contributed by atoms with Gasteiger partial charge in [0.25, 0.3) is 11.8 Å². The van der Waals surface area contributed by atoms with Gasteiger partial charge in [-0.3, -0.25) is 9.59 Å². The number of anilines is 1. The van der Waals surface area contributed by atoms with Gasteiger partial charge in [-0.05, 0) is 42.5 Å². The van der Waals surface area contributed by atoms with Gasteiger partial charge in [0.15, 0.2) is 0 Å². The Bertz CT molecular complexity index is 1330. The van der Waals surface area contributed by atoms with E-state index in [-0.39, 0.29) is 27.4 Å². The lowest BCUT2D eigenvalue weighted by Gasteiger charge is -2.18. The van der Waals surface area contributed by atoms with Crippen LogP contribution in [0.5, 0.6) is 5.75 Å². The summed E-state index contributed by atoms with van der Waals surface area (Å²) in [4.78, 5) is 25.4. The fraction of sp³-hybridized carbons (Fsp3) is 0.0909. The first-order valence-corrected chi connectivity index (χ1v) is 10.6. The molecule has 0 spiro atoms. The van der Waals surface area contributed by atoms with Crippen molar-refractivity contribution >= 4 is 45.0 Å². The van der Waals surface area contributed by atoms with Crippen LogP contribution in [0.1, 0.15) is 37.9 Å². The number of carbonyl (C=O) groups excluding carboxylic acids is 2. The SMILES string of the molecule is O=C(Nc1cc(Br)cc2c1C(c1cc(F)ccc1Cl)NC2=O)c1cc(F)cc(OC(F)(F)F)c1. The summed E-state index contributed by atoms with van der Waals surface area (Å²) in [5.41, 5.74) is 0.219. The van der Waals surface area contributed by atoms with E-state index < -0.39 is 47.2 Å². The number of carbonyl (C=O) groups is 2. The zero-order valence-corrected chi connectivity index (χ0v) is 18.9. The van der Waals surface area contributed by atoms with Crippen LogP contribution in [-0.2, 0) is 0 Å². The Hall–Kier alpha value is -3.18. The molecule has 2 N–H and O–H groups in total. The van der Waals surface area contributed by atoms with Gasteiger partial charge in [0.05, 0.1) is 6.04 Å². The molecule has 1 atom stereocenters. The van der Waals surface area contributed by atoms with Crippen LogP contribution in [0.3, 0.4) is 0 Å². The number of nitrogens with one attached hydrogen (secondary N) is 2. The van der Waals surface area contributed by atoms with Crippen molar-refractivity contribution in [2.75, 3.05) is 5.32 Å². The predicted octanol–water partition coefficient (Wildman–Crippen LogP) is 6.36. The lowest BCUT2D eigenvalue weighted by molar-refractivity contribution is -0.274. The Kier molecular flexibility index (Phi) is 6.26. The molecule has 176 valence electrons. The summed E-state index contributed by atoms with van der Waals surface area (Å²) in [6, 6.07) is 7.46. The standard InChI is InChI=1S/C22H11BrClF5N2O3/c23-10-5-15-18(19(31-21(15)33)14-8-11(25)1-2-16(14)24)17(6-10)30-20(32)9-3-12(26)7-13(4-9)34-22(27,28)29/h1-8,19H,(H,30,32)(H,31,33). The highest BCUT2D eigenvalue weighted by Gasteiger charge is 2.35. The van der Waals surface area contributed by atoms with Crippen LogP contribution in [0.25, 0.3) is 0 Å². The number of alkyl halides is 3.